The Kier molecular flexibility index (Phi) is 4.50. The van der Waals surface area contributed by atoms with Gasteiger partial charge in [-0.25, -0.2) is 4.79 Å². The van der Waals surface area contributed by atoms with Crippen LogP contribution >= 0.6 is 11.8 Å². The lowest BCUT2D eigenvalue weighted by Gasteiger charge is -2.33. The Morgan fingerprint density at radius 1 is 1.39 bits per heavy atom. The normalized spacial score (nSPS) is 32.5. The third-order valence-corrected chi connectivity index (χ3v) is 4.85. The summed E-state index contributed by atoms with van der Waals surface area (Å²) in [5.74, 6) is -0.0392. The monoisotopic (exact) mass is 273 g/mol. The molecule has 1 amide bonds. The van der Waals surface area contributed by atoms with Crippen LogP contribution in [0.5, 0.6) is 0 Å². The highest BCUT2D eigenvalue weighted by Crippen LogP contribution is 2.25. The highest BCUT2D eigenvalue weighted by molar-refractivity contribution is 8.00. The van der Waals surface area contributed by atoms with E-state index in [1.165, 1.54) is 0 Å². The number of carboxylic acids is 1. The Morgan fingerprint density at radius 3 is 2.72 bits per heavy atom. The molecule has 0 aliphatic carbocycles. The second-order valence-corrected chi connectivity index (χ2v) is 6.12. The molecule has 3 unspecified atom stereocenters. The van der Waals surface area contributed by atoms with Crippen molar-refractivity contribution in [1.29, 1.82) is 0 Å². The van der Waals surface area contributed by atoms with Crippen LogP contribution in [0.25, 0.3) is 0 Å². The van der Waals surface area contributed by atoms with Crippen LogP contribution in [-0.4, -0.2) is 58.2 Å². The van der Waals surface area contributed by atoms with E-state index in [1.54, 1.807) is 0 Å². The first kappa shape index (κ1) is 13.7. The number of rotatable bonds is 3. The topological polar surface area (TPSA) is 66.8 Å². The van der Waals surface area contributed by atoms with Gasteiger partial charge in [0, 0.05) is 24.1 Å². The third kappa shape index (κ3) is 2.98. The summed E-state index contributed by atoms with van der Waals surface area (Å²) in [4.78, 5) is 24.9. The molecule has 2 saturated heterocycles. The fourth-order valence-electron chi connectivity index (χ4n) is 2.37. The molecule has 2 aliphatic heterocycles. The summed E-state index contributed by atoms with van der Waals surface area (Å²) in [5.41, 5.74) is 0. The van der Waals surface area contributed by atoms with E-state index in [0.29, 0.717) is 18.1 Å². The second kappa shape index (κ2) is 5.93. The van der Waals surface area contributed by atoms with E-state index < -0.39 is 18.2 Å². The lowest BCUT2D eigenvalue weighted by atomic mass is 10.1. The van der Waals surface area contributed by atoms with Crippen LogP contribution in [0.2, 0.25) is 0 Å². The number of aliphatic carboxylic acids is 1. The Morgan fingerprint density at radius 2 is 2.11 bits per heavy atom. The molecule has 0 spiro atoms. The molecule has 6 heteroatoms. The minimum Gasteiger partial charge on any atom is -0.479 e. The van der Waals surface area contributed by atoms with Crippen molar-refractivity contribution in [2.24, 2.45) is 0 Å². The standard InChI is InChI=1S/C12H19NO4S/c1-2-8-7-13(5-6-18-8)11(14)9-3-4-10(17-9)12(15)16/h8-10H,2-7H2,1H3,(H,15,16). The fraction of sp³-hybridized carbons (Fsp3) is 0.833. The maximum Gasteiger partial charge on any atom is 0.332 e. The largest absolute Gasteiger partial charge is 0.479 e. The van der Waals surface area contributed by atoms with E-state index >= 15 is 0 Å². The molecular weight excluding hydrogens is 254 g/mol. The molecule has 2 aliphatic rings. The minimum absolute atomic E-state index is 0.0301. The smallest absolute Gasteiger partial charge is 0.332 e. The molecule has 5 nitrogen and oxygen atoms in total. The van der Waals surface area contributed by atoms with Gasteiger partial charge >= 0.3 is 5.97 Å². The van der Waals surface area contributed by atoms with Crippen LogP contribution in [0.4, 0.5) is 0 Å². The zero-order valence-electron chi connectivity index (χ0n) is 10.5. The molecule has 0 aromatic heterocycles. The van der Waals surface area contributed by atoms with Gasteiger partial charge in [-0.1, -0.05) is 6.92 Å². The average molecular weight is 273 g/mol. The number of nitrogens with zero attached hydrogens (tertiary/aromatic N) is 1. The van der Waals surface area contributed by atoms with Crippen molar-refractivity contribution in [2.45, 2.75) is 43.6 Å². The molecule has 18 heavy (non-hydrogen) atoms. The Labute approximate surface area is 111 Å². The highest BCUT2D eigenvalue weighted by Gasteiger charge is 2.37. The summed E-state index contributed by atoms with van der Waals surface area (Å²) in [6, 6.07) is 0. The third-order valence-electron chi connectivity index (χ3n) is 3.48. The van der Waals surface area contributed by atoms with Gasteiger partial charge in [0.15, 0.2) is 6.10 Å². The molecule has 2 heterocycles. The predicted molar refractivity (Wildman–Crippen MR) is 68.6 cm³/mol. The molecule has 1 N–H and O–H groups in total. The fourth-order valence-corrected chi connectivity index (χ4v) is 3.55. The lowest BCUT2D eigenvalue weighted by Crippen LogP contribution is -2.46. The molecule has 0 bridgehead atoms. The number of carbonyl (C=O) groups is 2. The van der Waals surface area contributed by atoms with Crippen molar-refractivity contribution in [3.05, 3.63) is 0 Å². The first-order valence-corrected chi connectivity index (χ1v) is 7.45. The van der Waals surface area contributed by atoms with Crippen LogP contribution in [0.15, 0.2) is 0 Å². The number of hydrogen-bond donors (Lipinski definition) is 1. The van der Waals surface area contributed by atoms with Gasteiger partial charge in [0.05, 0.1) is 0 Å². The highest BCUT2D eigenvalue weighted by atomic mass is 32.2. The van der Waals surface area contributed by atoms with Crippen molar-refractivity contribution >= 4 is 23.6 Å². The summed E-state index contributed by atoms with van der Waals surface area (Å²) in [5, 5.41) is 9.35. The Balaban J connectivity index is 1.89. The summed E-state index contributed by atoms with van der Waals surface area (Å²) >= 11 is 1.90. The van der Waals surface area contributed by atoms with Crippen molar-refractivity contribution in [3.8, 4) is 0 Å². The van der Waals surface area contributed by atoms with Crippen molar-refractivity contribution in [1.82, 2.24) is 4.90 Å². The van der Waals surface area contributed by atoms with Crippen LogP contribution in [0.1, 0.15) is 26.2 Å². The number of thioether (sulfide) groups is 1. The van der Waals surface area contributed by atoms with Crippen LogP contribution < -0.4 is 0 Å². The number of carbonyl (C=O) groups excluding carboxylic acids is 1. The Hall–Kier alpha value is -0.750. The quantitative estimate of drug-likeness (QED) is 0.830. The van der Waals surface area contributed by atoms with Gasteiger partial charge in [-0.2, -0.15) is 11.8 Å². The molecule has 102 valence electrons. The Bertz CT molecular complexity index is 336. The van der Waals surface area contributed by atoms with Gasteiger partial charge in [0.2, 0.25) is 0 Å². The molecule has 0 saturated carbocycles. The van der Waals surface area contributed by atoms with E-state index in [9.17, 15) is 9.59 Å². The van der Waals surface area contributed by atoms with E-state index in [-0.39, 0.29) is 5.91 Å². The average Bonchev–Trinajstić information content (AvgIpc) is 2.87. The molecule has 0 radical (unpaired) electrons. The lowest BCUT2D eigenvalue weighted by molar-refractivity contribution is -0.154. The summed E-state index contributed by atoms with van der Waals surface area (Å²) < 4.78 is 5.31. The van der Waals surface area contributed by atoms with Gasteiger partial charge < -0.3 is 14.7 Å². The molecule has 0 aromatic carbocycles. The van der Waals surface area contributed by atoms with E-state index in [2.05, 4.69) is 6.92 Å². The molecule has 0 aromatic rings. The number of ether oxygens (including phenoxy) is 1. The second-order valence-electron chi connectivity index (χ2n) is 4.71. The van der Waals surface area contributed by atoms with Crippen molar-refractivity contribution in [2.75, 3.05) is 18.8 Å². The van der Waals surface area contributed by atoms with Crippen LogP contribution in [0.3, 0.4) is 0 Å². The van der Waals surface area contributed by atoms with Gasteiger partial charge in [-0.05, 0) is 19.3 Å². The summed E-state index contributed by atoms with van der Waals surface area (Å²) in [6.45, 7) is 3.63. The number of amides is 1. The maximum absolute atomic E-state index is 12.2. The van der Waals surface area contributed by atoms with Gasteiger partial charge in [0.1, 0.15) is 6.10 Å². The van der Waals surface area contributed by atoms with E-state index in [4.69, 9.17) is 9.84 Å². The number of carboxylic acid groups (broad SMARTS) is 1. The van der Waals surface area contributed by atoms with Gasteiger partial charge in [-0.3, -0.25) is 4.79 Å². The first-order chi connectivity index (χ1) is 8.61. The van der Waals surface area contributed by atoms with E-state index in [1.807, 2.05) is 16.7 Å². The zero-order chi connectivity index (χ0) is 13.1. The van der Waals surface area contributed by atoms with Gasteiger partial charge in [0.25, 0.3) is 5.91 Å². The predicted octanol–water partition coefficient (Wildman–Crippen LogP) is 0.973. The molecule has 3 atom stereocenters. The molecule has 2 fully saturated rings. The van der Waals surface area contributed by atoms with Crippen LogP contribution in [0, 0.1) is 0 Å². The molecular formula is C12H19NO4S. The van der Waals surface area contributed by atoms with Crippen molar-refractivity contribution < 1.29 is 19.4 Å². The first-order valence-electron chi connectivity index (χ1n) is 6.40. The summed E-state index contributed by atoms with van der Waals surface area (Å²) in [7, 11) is 0. The summed E-state index contributed by atoms with van der Waals surface area (Å²) in [6.07, 6.45) is 0.659. The zero-order valence-corrected chi connectivity index (χ0v) is 11.3. The minimum atomic E-state index is -0.967. The van der Waals surface area contributed by atoms with Crippen LogP contribution in [-0.2, 0) is 14.3 Å². The molecule has 2 rings (SSSR count). The van der Waals surface area contributed by atoms with Gasteiger partial charge in [-0.15, -0.1) is 0 Å². The maximum atomic E-state index is 12.2. The SMILES string of the molecule is CCC1CN(C(=O)C2CCC(C(=O)O)O2)CCS1. The number of hydrogen-bond acceptors (Lipinski definition) is 4. The van der Waals surface area contributed by atoms with E-state index in [0.717, 1.165) is 25.3 Å². The van der Waals surface area contributed by atoms with Crippen molar-refractivity contribution in [3.63, 3.8) is 0 Å².